The topological polar surface area (TPSA) is 70.4 Å². The Kier molecular flexibility index (Phi) is 5.04. The van der Waals surface area contributed by atoms with Gasteiger partial charge in [-0.1, -0.05) is 5.16 Å². The monoisotopic (exact) mass is 302 g/mol. The van der Waals surface area contributed by atoms with E-state index in [1.165, 1.54) is 0 Å². The van der Waals surface area contributed by atoms with Gasteiger partial charge in [0.15, 0.2) is 5.82 Å². The molecule has 2 N–H and O–H groups in total. The van der Waals surface area contributed by atoms with Gasteiger partial charge in [-0.15, -0.1) is 0 Å². The van der Waals surface area contributed by atoms with Gasteiger partial charge in [0.25, 0.3) is 0 Å². The molecule has 0 bridgehead atoms. The Morgan fingerprint density at radius 1 is 1.18 bits per heavy atom. The molecule has 118 valence electrons. The third-order valence-corrected chi connectivity index (χ3v) is 3.46. The van der Waals surface area contributed by atoms with Gasteiger partial charge in [-0.2, -0.15) is 0 Å². The van der Waals surface area contributed by atoms with Gasteiger partial charge in [-0.05, 0) is 51.5 Å². The van der Waals surface area contributed by atoms with Gasteiger partial charge in [0.05, 0.1) is 0 Å². The number of benzene rings is 1. The Balaban J connectivity index is 2.05. The van der Waals surface area contributed by atoms with E-state index in [2.05, 4.69) is 40.6 Å². The van der Waals surface area contributed by atoms with Crippen LogP contribution in [0.3, 0.4) is 0 Å². The number of amides is 2. The highest BCUT2D eigenvalue weighted by Crippen LogP contribution is 2.22. The van der Waals surface area contributed by atoms with Crippen molar-refractivity contribution in [3.8, 4) is 0 Å². The van der Waals surface area contributed by atoms with E-state index in [1.54, 1.807) is 13.0 Å². The number of hydrogen-bond donors (Lipinski definition) is 2. The van der Waals surface area contributed by atoms with E-state index in [9.17, 15) is 4.79 Å². The molecule has 0 radical (unpaired) electrons. The summed E-state index contributed by atoms with van der Waals surface area (Å²) < 4.78 is 4.91. The highest BCUT2D eigenvalue weighted by molar-refractivity contribution is 5.99. The summed E-state index contributed by atoms with van der Waals surface area (Å²) in [5.41, 5.74) is 2.94. The van der Waals surface area contributed by atoms with Crippen molar-refractivity contribution in [2.45, 2.75) is 27.7 Å². The Labute approximate surface area is 130 Å². The maximum Gasteiger partial charge on any atom is 0.324 e. The summed E-state index contributed by atoms with van der Waals surface area (Å²) in [4.78, 5) is 14.2. The van der Waals surface area contributed by atoms with E-state index >= 15 is 0 Å². The molecule has 2 amide bonds. The lowest BCUT2D eigenvalue weighted by molar-refractivity contribution is 0.262. The first-order chi connectivity index (χ1) is 10.5. The smallest absolute Gasteiger partial charge is 0.324 e. The lowest BCUT2D eigenvalue weighted by Gasteiger charge is -2.22. The van der Waals surface area contributed by atoms with E-state index in [0.29, 0.717) is 11.6 Å². The summed E-state index contributed by atoms with van der Waals surface area (Å²) in [6, 6.07) is 7.32. The van der Waals surface area contributed by atoms with Crippen LogP contribution < -0.4 is 15.5 Å². The van der Waals surface area contributed by atoms with Gasteiger partial charge in [0, 0.05) is 30.5 Å². The molecule has 0 fully saturated rings. The lowest BCUT2D eigenvalue weighted by atomic mass is 10.1. The molecule has 1 aromatic heterocycles. The van der Waals surface area contributed by atoms with Crippen molar-refractivity contribution in [2.75, 3.05) is 28.6 Å². The quantitative estimate of drug-likeness (QED) is 0.881. The zero-order valence-electron chi connectivity index (χ0n) is 13.4. The molecular weight excluding hydrogens is 280 g/mol. The van der Waals surface area contributed by atoms with E-state index in [1.807, 2.05) is 19.1 Å². The summed E-state index contributed by atoms with van der Waals surface area (Å²) in [6.07, 6.45) is 0. The molecule has 1 heterocycles. The fourth-order valence-corrected chi connectivity index (χ4v) is 2.27. The normalized spacial score (nSPS) is 10.4. The highest BCUT2D eigenvalue weighted by atomic mass is 16.5. The van der Waals surface area contributed by atoms with Crippen molar-refractivity contribution >= 4 is 23.2 Å². The molecule has 0 atom stereocenters. The largest absolute Gasteiger partial charge is 0.372 e. The van der Waals surface area contributed by atoms with E-state index < -0.39 is 0 Å². The minimum Gasteiger partial charge on any atom is -0.372 e. The van der Waals surface area contributed by atoms with Crippen molar-refractivity contribution in [3.05, 3.63) is 35.6 Å². The van der Waals surface area contributed by atoms with Crippen LogP contribution in [-0.2, 0) is 0 Å². The van der Waals surface area contributed by atoms with Crippen LogP contribution in [0.2, 0.25) is 0 Å². The van der Waals surface area contributed by atoms with Crippen LogP contribution in [0, 0.1) is 13.8 Å². The van der Waals surface area contributed by atoms with Gasteiger partial charge in [0.2, 0.25) is 0 Å². The van der Waals surface area contributed by atoms with Crippen LogP contribution in [0.25, 0.3) is 0 Å². The molecule has 0 aliphatic heterocycles. The van der Waals surface area contributed by atoms with Crippen LogP contribution in [0.1, 0.15) is 25.2 Å². The Bertz CT molecular complexity index is 647. The Morgan fingerprint density at radius 2 is 1.91 bits per heavy atom. The number of nitrogens with zero attached hydrogens (tertiary/aromatic N) is 2. The minimum absolute atomic E-state index is 0.341. The zero-order valence-corrected chi connectivity index (χ0v) is 13.4. The van der Waals surface area contributed by atoms with Crippen molar-refractivity contribution in [3.63, 3.8) is 0 Å². The predicted octanol–water partition coefficient (Wildman–Crippen LogP) is 3.78. The minimum atomic E-state index is -0.341. The fourth-order valence-electron chi connectivity index (χ4n) is 2.27. The van der Waals surface area contributed by atoms with Gasteiger partial charge in [0.1, 0.15) is 5.76 Å². The van der Waals surface area contributed by atoms with Crippen molar-refractivity contribution < 1.29 is 9.32 Å². The fraction of sp³-hybridized carbons (Fsp3) is 0.375. The summed E-state index contributed by atoms with van der Waals surface area (Å²) in [7, 11) is 0. The maximum atomic E-state index is 12.0. The first-order valence-corrected chi connectivity index (χ1v) is 7.40. The molecule has 6 heteroatoms. The number of aromatic nitrogens is 1. The summed E-state index contributed by atoms with van der Waals surface area (Å²) >= 11 is 0. The van der Waals surface area contributed by atoms with Crippen molar-refractivity contribution in [1.29, 1.82) is 0 Å². The SMILES string of the molecule is CCN(CC)c1ccc(NC(=O)Nc2cc(C)on2)c(C)c1. The second kappa shape index (κ2) is 6.98. The van der Waals surface area contributed by atoms with E-state index in [4.69, 9.17) is 4.52 Å². The highest BCUT2D eigenvalue weighted by Gasteiger charge is 2.09. The van der Waals surface area contributed by atoms with Crippen LogP contribution in [0.4, 0.5) is 22.0 Å². The van der Waals surface area contributed by atoms with Crippen LogP contribution >= 0.6 is 0 Å². The maximum absolute atomic E-state index is 12.0. The van der Waals surface area contributed by atoms with Crippen LogP contribution in [0.15, 0.2) is 28.8 Å². The molecular formula is C16H22N4O2. The van der Waals surface area contributed by atoms with Gasteiger partial charge in [-0.25, -0.2) is 4.79 Å². The molecule has 0 saturated carbocycles. The van der Waals surface area contributed by atoms with Gasteiger partial charge in [-0.3, -0.25) is 5.32 Å². The first-order valence-electron chi connectivity index (χ1n) is 7.40. The third-order valence-electron chi connectivity index (χ3n) is 3.46. The van der Waals surface area contributed by atoms with E-state index in [0.717, 1.165) is 30.0 Å². The first kappa shape index (κ1) is 15.9. The summed E-state index contributed by atoms with van der Waals surface area (Å²) in [6.45, 7) is 9.90. The number of carbonyl (C=O) groups is 1. The third kappa shape index (κ3) is 3.78. The standard InChI is InChI=1S/C16H22N4O2/c1-5-20(6-2)13-7-8-14(11(3)9-13)17-16(21)18-15-10-12(4)22-19-15/h7-10H,5-6H2,1-4H3,(H2,17,18,19,21). The second-order valence-corrected chi connectivity index (χ2v) is 5.07. The predicted molar refractivity (Wildman–Crippen MR) is 88.6 cm³/mol. The summed E-state index contributed by atoms with van der Waals surface area (Å²) in [5.74, 6) is 1.04. The number of carbonyl (C=O) groups excluding carboxylic acids is 1. The van der Waals surface area contributed by atoms with Crippen molar-refractivity contribution in [2.24, 2.45) is 0 Å². The molecule has 0 saturated heterocycles. The number of aryl methyl sites for hydroxylation is 2. The molecule has 2 rings (SSSR count). The molecule has 0 unspecified atom stereocenters. The van der Waals surface area contributed by atoms with Gasteiger partial charge < -0.3 is 14.7 Å². The summed E-state index contributed by atoms with van der Waals surface area (Å²) in [5, 5.41) is 9.18. The van der Waals surface area contributed by atoms with Crippen LogP contribution in [-0.4, -0.2) is 24.3 Å². The Hall–Kier alpha value is -2.50. The zero-order chi connectivity index (χ0) is 16.1. The molecule has 0 aliphatic rings. The van der Waals surface area contributed by atoms with Crippen LogP contribution in [0.5, 0.6) is 0 Å². The Morgan fingerprint density at radius 3 is 2.45 bits per heavy atom. The molecule has 0 aliphatic carbocycles. The molecule has 1 aromatic carbocycles. The number of anilines is 3. The molecule has 22 heavy (non-hydrogen) atoms. The number of hydrogen-bond acceptors (Lipinski definition) is 4. The lowest BCUT2D eigenvalue weighted by Crippen LogP contribution is -2.22. The molecule has 0 spiro atoms. The second-order valence-electron chi connectivity index (χ2n) is 5.07. The molecule has 6 nitrogen and oxygen atoms in total. The van der Waals surface area contributed by atoms with Crippen molar-refractivity contribution in [1.82, 2.24) is 5.16 Å². The van der Waals surface area contributed by atoms with Gasteiger partial charge >= 0.3 is 6.03 Å². The van der Waals surface area contributed by atoms with E-state index in [-0.39, 0.29) is 6.03 Å². The average Bonchev–Trinajstić information content (AvgIpc) is 2.88. The number of urea groups is 1. The molecule has 2 aromatic rings. The average molecular weight is 302 g/mol. The number of rotatable bonds is 5. The number of nitrogens with one attached hydrogen (secondary N) is 2.